The van der Waals surface area contributed by atoms with Crippen molar-refractivity contribution < 1.29 is 9.90 Å². The van der Waals surface area contributed by atoms with E-state index in [0.717, 1.165) is 5.69 Å². The molecule has 0 aliphatic carbocycles. The van der Waals surface area contributed by atoms with E-state index in [1.165, 1.54) is 6.20 Å². The molecule has 0 radical (unpaired) electrons. The van der Waals surface area contributed by atoms with E-state index in [-0.39, 0.29) is 5.56 Å². The number of aromatic carboxylic acids is 1. The highest BCUT2D eigenvalue weighted by atomic mass is 16.4. The number of nitrogens with zero attached hydrogens (tertiary/aromatic N) is 1. The molecule has 0 amide bonds. The van der Waals surface area contributed by atoms with Gasteiger partial charge in [0.15, 0.2) is 0 Å². The number of aryl methyl sites for hydroxylation is 1. The van der Waals surface area contributed by atoms with Gasteiger partial charge in [-0.25, -0.2) is 4.79 Å². The molecule has 0 atom stereocenters. The van der Waals surface area contributed by atoms with Gasteiger partial charge in [0.05, 0.1) is 16.4 Å². The third-order valence-corrected chi connectivity index (χ3v) is 3.08. The third kappa shape index (κ3) is 1.67. The Morgan fingerprint density at radius 3 is 2.79 bits per heavy atom. The van der Waals surface area contributed by atoms with E-state index in [0.29, 0.717) is 21.8 Å². The van der Waals surface area contributed by atoms with Gasteiger partial charge in [-0.1, -0.05) is 6.07 Å². The molecule has 1 aromatic carbocycles. The van der Waals surface area contributed by atoms with Gasteiger partial charge in [0.2, 0.25) is 5.43 Å². The fraction of sp³-hybridized carbons (Fsp3) is 0.0714. The number of benzene rings is 1. The average molecular weight is 254 g/mol. The van der Waals surface area contributed by atoms with Crippen molar-refractivity contribution in [1.29, 1.82) is 0 Å². The topological polar surface area (TPSA) is 83.0 Å². The molecule has 0 bridgehead atoms. The van der Waals surface area contributed by atoms with Crippen LogP contribution in [-0.2, 0) is 0 Å². The maximum atomic E-state index is 12.2. The van der Waals surface area contributed by atoms with Crippen LogP contribution in [0.25, 0.3) is 21.8 Å². The Bertz CT molecular complexity index is 881. The Balaban J connectivity index is 2.56. The van der Waals surface area contributed by atoms with Crippen LogP contribution in [0.2, 0.25) is 0 Å². The molecule has 19 heavy (non-hydrogen) atoms. The second-order valence-electron chi connectivity index (χ2n) is 4.34. The monoisotopic (exact) mass is 254 g/mol. The predicted molar refractivity (Wildman–Crippen MR) is 71.6 cm³/mol. The first-order chi connectivity index (χ1) is 9.08. The fourth-order valence-corrected chi connectivity index (χ4v) is 2.18. The molecular weight excluding hydrogens is 244 g/mol. The lowest BCUT2D eigenvalue weighted by Gasteiger charge is -2.04. The van der Waals surface area contributed by atoms with Gasteiger partial charge in [0.25, 0.3) is 0 Å². The van der Waals surface area contributed by atoms with Crippen molar-refractivity contribution in [2.75, 3.05) is 0 Å². The molecule has 0 fully saturated rings. The van der Waals surface area contributed by atoms with Gasteiger partial charge in [0.1, 0.15) is 5.56 Å². The zero-order chi connectivity index (χ0) is 13.6. The molecule has 5 nitrogen and oxygen atoms in total. The van der Waals surface area contributed by atoms with E-state index < -0.39 is 11.4 Å². The van der Waals surface area contributed by atoms with Crippen LogP contribution in [0.1, 0.15) is 16.1 Å². The highest BCUT2D eigenvalue weighted by molar-refractivity contribution is 6.06. The first-order valence-corrected chi connectivity index (χ1v) is 5.73. The summed E-state index contributed by atoms with van der Waals surface area (Å²) in [6, 6.07) is 7.13. The van der Waals surface area contributed by atoms with Crippen LogP contribution in [0, 0.1) is 6.92 Å². The number of aromatic nitrogens is 2. The van der Waals surface area contributed by atoms with Crippen molar-refractivity contribution in [3.63, 3.8) is 0 Å². The van der Waals surface area contributed by atoms with Crippen molar-refractivity contribution in [2.24, 2.45) is 0 Å². The van der Waals surface area contributed by atoms with Gasteiger partial charge >= 0.3 is 5.97 Å². The van der Waals surface area contributed by atoms with Crippen molar-refractivity contribution >= 4 is 27.8 Å². The standard InChI is InChI=1S/C14H10N2O3/c1-7-2-3-8-10(16-7)4-5-11-12(8)13(17)9(6-15-11)14(18)19/h2-6H,1H3,(H,15,17)(H,18,19). The van der Waals surface area contributed by atoms with Crippen LogP contribution in [0.15, 0.2) is 35.3 Å². The number of carbonyl (C=O) groups is 1. The zero-order valence-electron chi connectivity index (χ0n) is 10.1. The Kier molecular flexibility index (Phi) is 2.35. The number of rotatable bonds is 1. The van der Waals surface area contributed by atoms with Crippen LogP contribution < -0.4 is 5.43 Å². The van der Waals surface area contributed by atoms with E-state index in [2.05, 4.69) is 9.97 Å². The number of fused-ring (bicyclic) bond motifs is 3. The summed E-state index contributed by atoms with van der Waals surface area (Å²) in [6.45, 7) is 1.86. The largest absolute Gasteiger partial charge is 0.477 e. The highest BCUT2D eigenvalue weighted by Gasteiger charge is 2.13. The summed E-state index contributed by atoms with van der Waals surface area (Å²) in [4.78, 5) is 30.4. The molecule has 3 rings (SSSR count). The molecule has 94 valence electrons. The number of aromatic amines is 1. The third-order valence-electron chi connectivity index (χ3n) is 3.08. The van der Waals surface area contributed by atoms with Crippen LogP contribution in [-0.4, -0.2) is 21.0 Å². The zero-order valence-corrected chi connectivity index (χ0v) is 10.1. The summed E-state index contributed by atoms with van der Waals surface area (Å²) in [5.74, 6) is -1.24. The number of carboxylic acids is 1. The molecular formula is C14H10N2O3. The van der Waals surface area contributed by atoms with Crippen molar-refractivity contribution in [3.05, 3.63) is 51.9 Å². The Morgan fingerprint density at radius 2 is 2.05 bits per heavy atom. The molecule has 3 aromatic rings. The molecule has 2 heterocycles. The smallest absolute Gasteiger partial charge is 0.341 e. The number of nitrogens with one attached hydrogen (secondary N) is 1. The lowest BCUT2D eigenvalue weighted by atomic mass is 10.1. The number of carboxylic acid groups (broad SMARTS) is 1. The minimum atomic E-state index is -1.24. The van der Waals surface area contributed by atoms with Crippen LogP contribution >= 0.6 is 0 Å². The fourth-order valence-electron chi connectivity index (χ4n) is 2.18. The predicted octanol–water partition coefficient (Wildman–Crippen LogP) is 2.08. The van der Waals surface area contributed by atoms with Crippen LogP contribution in [0.4, 0.5) is 0 Å². The first-order valence-electron chi connectivity index (χ1n) is 5.73. The Hall–Kier alpha value is -2.69. The molecule has 0 aliphatic rings. The lowest BCUT2D eigenvalue weighted by Crippen LogP contribution is -2.15. The molecule has 0 aliphatic heterocycles. The van der Waals surface area contributed by atoms with E-state index >= 15 is 0 Å². The average Bonchev–Trinajstić information content (AvgIpc) is 2.38. The van der Waals surface area contributed by atoms with E-state index in [9.17, 15) is 9.59 Å². The maximum absolute atomic E-state index is 12.2. The van der Waals surface area contributed by atoms with Gasteiger partial charge in [-0.05, 0) is 25.1 Å². The van der Waals surface area contributed by atoms with Gasteiger partial charge in [-0.2, -0.15) is 0 Å². The lowest BCUT2D eigenvalue weighted by molar-refractivity contribution is 0.0695. The molecule has 2 N–H and O–H groups in total. The van der Waals surface area contributed by atoms with Crippen LogP contribution in [0.3, 0.4) is 0 Å². The maximum Gasteiger partial charge on any atom is 0.341 e. The summed E-state index contributed by atoms with van der Waals surface area (Å²) >= 11 is 0. The molecule has 2 aromatic heterocycles. The second kappa shape index (κ2) is 3.91. The Morgan fingerprint density at radius 1 is 1.26 bits per heavy atom. The van der Waals surface area contributed by atoms with E-state index in [4.69, 9.17) is 5.11 Å². The summed E-state index contributed by atoms with van der Waals surface area (Å²) < 4.78 is 0. The second-order valence-corrected chi connectivity index (χ2v) is 4.34. The Labute approximate surface area is 107 Å². The summed E-state index contributed by atoms with van der Waals surface area (Å²) in [6.07, 6.45) is 1.22. The minimum absolute atomic E-state index is 0.263. The first kappa shape index (κ1) is 11.4. The number of pyridine rings is 2. The number of H-pyrrole nitrogens is 1. The van der Waals surface area contributed by atoms with E-state index in [1.54, 1.807) is 24.3 Å². The molecule has 0 saturated heterocycles. The van der Waals surface area contributed by atoms with Crippen molar-refractivity contribution in [1.82, 2.24) is 9.97 Å². The number of hydrogen-bond acceptors (Lipinski definition) is 3. The highest BCUT2D eigenvalue weighted by Crippen LogP contribution is 2.20. The van der Waals surface area contributed by atoms with Crippen molar-refractivity contribution in [2.45, 2.75) is 6.92 Å². The molecule has 0 unspecified atom stereocenters. The summed E-state index contributed by atoms with van der Waals surface area (Å²) in [5, 5.41) is 10.0. The van der Waals surface area contributed by atoms with Crippen molar-refractivity contribution in [3.8, 4) is 0 Å². The van der Waals surface area contributed by atoms with Gasteiger partial charge in [0, 0.05) is 17.3 Å². The summed E-state index contributed by atoms with van der Waals surface area (Å²) in [7, 11) is 0. The van der Waals surface area contributed by atoms with Gasteiger partial charge in [-0.15, -0.1) is 0 Å². The molecule has 0 spiro atoms. The molecule has 5 heteroatoms. The minimum Gasteiger partial charge on any atom is -0.477 e. The SMILES string of the molecule is Cc1ccc2c(ccc3[nH]cc(C(=O)O)c(=O)c32)n1. The van der Waals surface area contributed by atoms with Gasteiger partial charge < -0.3 is 10.1 Å². The summed E-state index contributed by atoms with van der Waals surface area (Å²) in [5.41, 5.74) is 1.38. The quantitative estimate of drug-likeness (QED) is 0.651. The normalized spacial score (nSPS) is 11.0. The van der Waals surface area contributed by atoms with Gasteiger partial charge in [-0.3, -0.25) is 9.78 Å². The van der Waals surface area contributed by atoms with Crippen LogP contribution in [0.5, 0.6) is 0 Å². The molecule has 0 saturated carbocycles. The van der Waals surface area contributed by atoms with E-state index in [1.807, 2.05) is 6.92 Å². The number of hydrogen-bond donors (Lipinski definition) is 2.